The fourth-order valence-electron chi connectivity index (χ4n) is 1.04. The van der Waals surface area contributed by atoms with E-state index in [-0.39, 0.29) is 6.01 Å². The van der Waals surface area contributed by atoms with Crippen LogP contribution < -0.4 is 4.89 Å². The summed E-state index contributed by atoms with van der Waals surface area (Å²) in [7, 11) is 0. The van der Waals surface area contributed by atoms with Gasteiger partial charge in [0.25, 0.3) is 0 Å². The van der Waals surface area contributed by atoms with Crippen molar-refractivity contribution in [3.05, 3.63) is 53.3 Å². The van der Waals surface area contributed by atoms with Crippen LogP contribution in [-0.4, -0.2) is 15.9 Å². The molecule has 0 N–H and O–H groups in total. The van der Waals surface area contributed by atoms with Crippen molar-refractivity contribution in [2.24, 2.45) is 0 Å². The molecular weight excluding hydrogens is 244 g/mol. The van der Waals surface area contributed by atoms with E-state index in [1.54, 1.807) is 30.3 Å². The van der Waals surface area contributed by atoms with Gasteiger partial charge in [0.2, 0.25) is 0 Å². The Morgan fingerprint density at radius 2 is 1.76 bits per heavy atom. The van der Waals surface area contributed by atoms with Crippen LogP contribution in [0, 0.1) is 0 Å². The summed E-state index contributed by atoms with van der Waals surface area (Å²) >= 11 is 5.58. The van der Waals surface area contributed by atoms with Crippen LogP contribution in [0.5, 0.6) is 6.01 Å². The van der Waals surface area contributed by atoms with E-state index in [1.165, 1.54) is 12.4 Å². The number of rotatable bonds is 3. The highest BCUT2D eigenvalue weighted by molar-refractivity contribution is 6.30. The van der Waals surface area contributed by atoms with Gasteiger partial charge in [0.15, 0.2) is 0 Å². The first-order chi connectivity index (χ1) is 8.25. The molecule has 0 atom stereocenters. The van der Waals surface area contributed by atoms with Gasteiger partial charge in [-0.05, 0) is 12.1 Å². The van der Waals surface area contributed by atoms with Crippen LogP contribution in [0.25, 0.3) is 0 Å². The molecule has 1 heterocycles. The van der Waals surface area contributed by atoms with E-state index in [1.807, 2.05) is 0 Å². The van der Waals surface area contributed by atoms with Crippen LogP contribution in [0.1, 0.15) is 10.4 Å². The Hall–Kier alpha value is -2.14. The molecule has 0 aliphatic rings. The monoisotopic (exact) mass is 250 g/mol. The third-order valence-corrected chi connectivity index (χ3v) is 1.99. The number of nitrogens with zero attached hydrogens (tertiary/aromatic N) is 2. The SMILES string of the molecule is O=C(OOc1ncc(Cl)cn1)c1ccccc1. The lowest BCUT2D eigenvalue weighted by Gasteiger charge is -2.01. The van der Waals surface area contributed by atoms with Crippen molar-refractivity contribution in [2.45, 2.75) is 0 Å². The van der Waals surface area contributed by atoms with Crippen molar-refractivity contribution in [2.75, 3.05) is 0 Å². The Balaban J connectivity index is 1.95. The maximum atomic E-state index is 11.5. The minimum absolute atomic E-state index is 0.0846. The second kappa shape index (κ2) is 5.27. The highest BCUT2D eigenvalue weighted by atomic mass is 35.5. The van der Waals surface area contributed by atoms with Gasteiger partial charge in [-0.15, -0.1) is 0 Å². The summed E-state index contributed by atoms with van der Waals surface area (Å²) in [6.45, 7) is 0. The smallest absolute Gasteiger partial charge is 0.244 e. The summed E-state index contributed by atoms with van der Waals surface area (Å²) in [6.07, 6.45) is 2.67. The highest BCUT2D eigenvalue weighted by Crippen LogP contribution is 2.08. The third kappa shape index (κ3) is 3.15. The average molecular weight is 251 g/mol. The van der Waals surface area contributed by atoms with Gasteiger partial charge in [-0.1, -0.05) is 29.8 Å². The number of benzene rings is 1. The van der Waals surface area contributed by atoms with Crippen LogP contribution in [0.4, 0.5) is 0 Å². The van der Waals surface area contributed by atoms with Crippen molar-refractivity contribution < 1.29 is 14.6 Å². The molecule has 0 aliphatic heterocycles. The van der Waals surface area contributed by atoms with Gasteiger partial charge in [-0.2, -0.15) is 9.97 Å². The Morgan fingerprint density at radius 3 is 2.41 bits per heavy atom. The molecule has 0 unspecified atom stereocenters. The molecule has 0 spiro atoms. The quantitative estimate of drug-likeness (QED) is 0.618. The summed E-state index contributed by atoms with van der Waals surface area (Å²) < 4.78 is 0. The molecule has 0 saturated heterocycles. The molecule has 0 amide bonds. The predicted octanol–water partition coefficient (Wildman–Crippen LogP) is 2.28. The summed E-state index contributed by atoms with van der Waals surface area (Å²) in [5, 5.41) is 0.367. The molecule has 6 heteroatoms. The molecule has 0 aliphatic carbocycles. The zero-order valence-corrected chi connectivity index (χ0v) is 9.29. The summed E-state index contributed by atoms with van der Waals surface area (Å²) in [6, 6.07) is 8.35. The lowest BCUT2D eigenvalue weighted by atomic mass is 10.2. The second-order valence-corrected chi connectivity index (χ2v) is 3.44. The molecule has 86 valence electrons. The normalized spacial score (nSPS) is 9.71. The largest absolute Gasteiger partial charge is 0.386 e. The second-order valence-electron chi connectivity index (χ2n) is 3.00. The fourth-order valence-corrected chi connectivity index (χ4v) is 1.14. The van der Waals surface area contributed by atoms with Gasteiger partial charge in [0, 0.05) is 0 Å². The highest BCUT2D eigenvalue weighted by Gasteiger charge is 2.09. The van der Waals surface area contributed by atoms with Crippen LogP contribution in [-0.2, 0) is 4.89 Å². The van der Waals surface area contributed by atoms with Crippen molar-refractivity contribution in [3.8, 4) is 6.01 Å². The maximum absolute atomic E-state index is 11.5. The van der Waals surface area contributed by atoms with E-state index in [4.69, 9.17) is 11.6 Å². The zero-order chi connectivity index (χ0) is 12.1. The van der Waals surface area contributed by atoms with Gasteiger partial charge >= 0.3 is 12.0 Å². The molecule has 1 aromatic heterocycles. The molecule has 17 heavy (non-hydrogen) atoms. The van der Waals surface area contributed by atoms with E-state index in [9.17, 15) is 4.79 Å². The van der Waals surface area contributed by atoms with Crippen LogP contribution in [0.2, 0.25) is 5.02 Å². The van der Waals surface area contributed by atoms with Crippen molar-refractivity contribution in [1.29, 1.82) is 0 Å². The van der Waals surface area contributed by atoms with Gasteiger partial charge < -0.3 is 0 Å². The summed E-state index contributed by atoms with van der Waals surface area (Å²) in [5.41, 5.74) is 0.376. The average Bonchev–Trinajstić information content (AvgIpc) is 2.39. The third-order valence-electron chi connectivity index (χ3n) is 1.80. The summed E-state index contributed by atoms with van der Waals surface area (Å²) in [5.74, 6) is -0.621. The Kier molecular flexibility index (Phi) is 3.52. The van der Waals surface area contributed by atoms with Crippen molar-refractivity contribution in [3.63, 3.8) is 0 Å². The fraction of sp³-hybridized carbons (Fsp3) is 0. The van der Waals surface area contributed by atoms with Gasteiger partial charge in [0.1, 0.15) is 0 Å². The molecule has 2 aromatic rings. The number of carbonyl (C=O) groups is 1. The lowest BCUT2D eigenvalue weighted by Crippen LogP contribution is -2.09. The van der Waals surface area contributed by atoms with E-state index < -0.39 is 5.97 Å². The minimum Gasteiger partial charge on any atom is -0.244 e. The predicted molar refractivity (Wildman–Crippen MR) is 59.5 cm³/mol. The number of carbonyl (C=O) groups excluding carboxylic acids is 1. The van der Waals surface area contributed by atoms with Crippen LogP contribution in [0.15, 0.2) is 42.7 Å². The zero-order valence-electron chi connectivity index (χ0n) is 8.54. The Bertz CT molecular complexity index is 502. The first kappa shape index (κ1) is 11.3. The van der Waals surface area contributed by atoms with Crippen LogP contribution >= 0.6 is 11.6 Å². The lowest BCUT2D eigenvalue weighted by molar-refractivity contribution is -0.156. The van der Waals surface area contributed by atoms with Crippen molar-refractivity contribution in [1.82, 2.24) is 9.97 Å². The van der Waals surface area contributed by atoms with Crippen molar-refractivity contribution >= 4 is 17.6 Å². The molecule has 1 aromatic carbocycles. The van der Waals surface area contributed by atoms with E-state index in [0.717, 1.165) is 0 Å². The van der Waals surface area contributed by atoms with Gasteiger partial charge in [-0.3, -0.25) is 0 Å². The van der Waals surface area contributed by atoms with Crippen LogP contribution in [0.3, 0.4) is 0 Å². The first-order valence-corrected chi connectivity index (χ1v) is 5.05. The topological polar surface area (TPSA) is 61.3 Å². The molecule has 0 saturated carbocycles. The van der Waals surface area contributed by atoms with Gasteiger partial charge in [-0.25, -0.2) is 14.6 Å². The van der Waals surface area contributed by atoms with E-state index in [2.05, 4.69) is 19.7 Å². The number of hydrogen-bond donors (Lipinski definition) is 0. The van der Waals surface area contributed by atoms with E-state index >= 15 is 0 Å². The number of hydrogen-bond acceptors (Lipinski definition) is 5. The molecule has 0 fully saturated rings. The molecule has 0 bridgehead atoms. The number of aromatic nitrogens is 2. The maximum Gasteiger partial charge on any atom is 0.386 e. The van der Waals surface area contributed by atoms with Gasteiger partial charge in [0.05, 0.1) is 23.0 Å². The van der Waals surface area contributed by atoms with E-state index in [0.29, 0.717) is 10.6 Å². The minimum atomic E-state index is -0.621. The Morgan fingerprint density at radius 1 is 1.12 bits per heavy atom. The standard InChI is InChI=1S/C11H7ClN2O3/c12-9-6-13-11(14-7-9)17-16-10(15)8-4-2-1-3-5-8/h1-7H. The number of halogens is 1. The molecule has 2 rings (SSSR count). The summed E-state index contributed by atoms with van der Waals surface area (Å²) in [4.78, 5) is 28.1. The molecule has 0 radical (unpaired) electrons. The molecule has 5 nitrogen and oxygen atoms in total. The Labute approximate surface area is 102 Å². The first-order valence-electron chi connectivity index (χ1n) is 4.67. The molecular formula is C11H7ClN2O3.